The molecular weight excluding hydrogens is 235 g/mol. The van der Waals surface area contributed by atoms with Gasteiger partial charge in [0.1, 0.15) is 11.6 Å². The highest BCUT2D eigenvalue weighted by Crippen LogP contribution is 2.19. The molecule has 1 amide bonds. The predicted molar refractivity (Wildman–Crippen MR) is 66.3 cm³/mol. The molecule has 0 unspecified atom stereocenters. The van der Waals surface area contributed by atoms with Crippen LogP contribution in [0.25, 0.3) is 0 Å². The van der Waals surface area contributed by atoms with Crippen LogP contribution in [-0.4, -0.2) is 44.1 Å². The quantitative estimate of drug-likeness (QED) is 0.880. The maximum atomic E-state index is 13.8. The van der Waals surface area contributed by atoms with Gasteiger partial charge in [0.2, 0.25) is 0 Å². The Morgan fingerprint density at radius 1 is 1.56 bits per heavy atom. The summed E-state index contributed by atoms with van der Waals surface area (Å²) in [7, 11) is 3.18. The first-order chi connectivity index (χ1) is 8.63. The third-order valence-corrected chi connectivity index (χ3v) is 3.31. The Bertz CT molecular complexity index is 445. The van der Waals surface area contributed by atoms with Crippen molar-refractivity contribution in [2.24, 2.45) is 0 Å². The lowest BCUT2D eigenvalue weighted by molar-refractivity contribution is 0.0739. The highest BCUT2D eigenvalue weighted by molar-refractivity contribution is 5.94. The molecule has 0 spiro atoms. The van der Waals surface area contributed by atoms with Gasteiger partial charge in [-0.3, -0.25) is 4.79 Å². The Morgan fingerprint density at radius 2 is 2.33 bits per heavy atom. The van der Waals surface area contributed by atoms with Crippen molar-refractivity contribution in [3.05, 3.63) is 29.6 Å². The Morgan fingerprint density at radius 3 is 2.89 bits per heavy atom. The largest absolute Gasteiger partial charge is 0.497 e. The molecule has 1 aromatic rings. The van der Waals surface area contributed by atoms with Crippen LogP contribution in [0.15, 0.2) is 18.2 Å². The number of rotatable bonds is 3. The van der Waals surface area contributed by atoms with Gasteiger partial charge in [0.05, 0.1) is 12.7 Å². The van der Waals surface area contributed by atoms with Gasteiger partial charge in [-0.25, -0.2) is 4.39 Å². The highest BCUT2D eigenvalue weighted by atomic mass is 19.1. The monoisotopic (exact) mass is 252 g/mol. The van der Waals surface area contributed by atoms with E-state index in [0.29, 0.717) is 5.75 Å². The predicted octanol–water partition coefficient (Wildman–Crippen LogP) is 1.27. The maximum absolute atomic E-state index is 13.8. The van der Waals surface area contributed by atoms with Crippen LogP contribution >= 0.6 is 0 Å². The van der Waals surface area contributed by atoms with Crippen molar-refractivity contribution in [3.8, 4) is 5.75 Å². The zero-order chi connectivity index (χ0) is 13.1. The van der Waals surface area contributed by atoms with Crippen molar-refractivity contribution in [3.63, 3.8) is 0 Å². The van der Waals surface area contributed by atoms with Crippen LogP contribution in [0.3, 0.4) is 0 Å². The molecule has 0 radical (unpaired) electrons. The van der Waals surface area contributed by atoms with Crippen LogP contribution in [0.4, 0.5) is 4.39 Å². The number of hydrogen-bond acceptors (Lipinski definition) is 3. The minimum absolute atomic E-state index is 0.0881. The Balaban J connectivity index is 2.17. The van der Waals surface area contributed by atoms with Crippen molar-refractivity contribution in [1.29, 1.82) is 0 Å². The zero-order valence-corrected chi connectivity index (χ0v) is 10.6. The van der Waals surface area contributed by atoms with Gasteiger partial charge < -0.3 is 15.0 Å². The van der Waals surface area contributed by atoms with E-state index in [-0.39, 0.29) is 17.5 Å². The lowest BCUT2D eigenvalue weighted by Crippen LogP contribution is -2.38. The summed E-state index contributed by atoms with van der Waals surface area (Å²) in [5.41, 5.74) is 0.0881. The molecule has 0 aliphatic carbocycles. The van der Waals surface area contributed by atoms with Crippen molar-refractivity contribution in [1.82, 2.24) is 10.2 Å². The van der Waals surface area contributed by atoms with E-state index < -0.39 is 5.82 Å². The van der Waals surface area contributed by atoms with Gasteiger partial charge >= 0.3 is 0 Å². The third-order valence-electron chi connectivity index (χ3n) is 3.31. The maximum Gasteiger partial charge on any atom is 0.256 e. The normalized spacial score (nSPS) is 18.7. The summed E-state index contributed by atoms with van der Waals surface area (Å²) in [5, 5.41) is 3.18. The number of carbonyl (C=O) groups excluding carboxylic acids is 1. The van der Waals surface area contributed by atoms with Crippen LogP contribution in [0, 0.1) is 5.82 Å². The SMILES string of the molecule is COc1ccc(C(=O)N(C)[C@@H]2CCNC2)c(F)c1. The summed E-state index contributed by atoms with van der Waals surface area (Å²) in [4.78, 5) is 13.8. The molecule has 1 aliphatic rings. The fraction of sp³-hybridized carbons (Fsp3) is 0.462. The average molecular weight is 252 g/mol. The van der Waals surface area contributed by atoms with E-state index in [1.54, 1.807) is 18.0 Å². The molecule has 1 heterocycles. The van der Waals surface area contributed by atoms with E-state index in [0.717, 1.165) is 19.5 Å². The first-order valence-corrected chi connectivity index (χ1v) is 5.95. The summed E-state index contributed by atoms with van der Waals surface area (Å²) in [6, 6.07) is 4.43. The minimum atomic E-state index is -0.544. The van der Waals surface area contributed by atoms with Gasteiger partial charge in [-0.2, -0.15) is 0 Å². The fourth-order valence-corrected chi connectivity index (χ4v) is 2.12. The number of amides is 1. The summed E-state index contributed by atoms with van der Waals surface area (Å²) in [6.45, 7) is 1.66. The number of likely N-dealkylation sites (N-methyl/N-ethyl adjacent to an activating group) is 1. The second-order valence-corrected chi connectivity index (χ2v) is 4.41. The molecule has 1 N–H and O–H groups in total. The van der Waals surface area contributed by atoms with Crippen LogP contribution in [0.5, 0.6) is 5.75 Å². The zero-order valence-electron chi connectivity index (χ0n) is 10.6. The summed E-state index contributed by atoms with van der Waals surface area (Å²) >= 11 is 0. The number of benzene rings is 1. The number of methoxy groups -OCH3 is 1. The Kier molecular flexibility index (Phi) is 3.81. The minimum Gasteiger partial charge on any atom is -0.497 e. The summed E-state index contributed by atoms with van der Waals surface area (Å²) in [6.07, 6.45) is 0.903. The third kappa shape index (κ3) is 2.46. The molecule has 4 nitrogen and oxygen atoms in total. The van der Waals surface area contributed by atoms with Crippen molar-refractivity contribution in [2.75, 3.05) is 27.2 Å². The molecule has 0 aromatic heterocycles. The standard InChI is InChI=1S/C13H17FN2O2/c1-16(9-5-6-15-8-9)13(17)11-4-3-10(18-2)7-12(11)14/h3-4,7,9,15H,5-6,8H2,1-2H3/t9-/m1/s1. The molecule has 1 aliphatic heterocycles. The topological polar surface area (TPSA) is 41.6 Å². The van der Waals surface area contributed by atoms with E-state index in [4.69, 9.17) is 4.74 Å². The molecular formula is C13H17FN2O2. The van der Waals surface area contributed by atoms with Gasteiger partial charge in [0.15, 0.2) is 0 Å². The summed E-state index contributed by atoms with van der Waals surface area (Å²) < 4.78 is 18.7. The second-order valence-electron chi connectivity index (χ2n) is 4.41. The van der Waals surface area contributed by atoms with Crippen LogP contribution in [-0.2, 0) is 0 Å². The Hall–Kier alpha value is -1.62. The van der Waals surface area contributed by atoms with Crippen LogP contribution in [0.2, 0.25) is 0 Å². The summed E-state index contributed by atoms with van der Waals surface area (Å²) in [5.74, 6) is -0.421. The fourth-order valence-electron chi connectivity index (χ4n) is 2.12. The molecule has 5 heteroatoms. The van der Waals surface area contributed by atoms with E-state index in [1.807, 2.05) is 0 Å². The smallest absolute Gasteiger partial charge is 0.256 e. The van der Waals surface area contributed by atoms with Crippen LogP contribution < -0.4 is 10.1 Å². The molecule has 1 fully saturated rings. The number of nitrogens with zero attached hydrogens (tertiary/aromatic N) is 1. The van der Waals surface area contributed by atoms with E-state index in [2.05, 4.69) is 5.32 Å². The molecule has 1 aromatic carbocycles. The molecule has 2 rings (SSSR count). The number of halogens is 1. The van der Waals surface area contributed by atoms with Gasteiger partial charge in [-0.05, 0) is 25.1 Å². The molecule has 98 valence electrons. The number of hydrogen-bond donors (Lipinski definition) is 1. The molecule has 1 atom stereocenters. The van der Waals surface area contributed by atoms with E-state index in [1.165, 1.54) is 19.2 Å². The first kappa shape index (κ1) is 12.8. The van der Waals surface area contributed by atoms with Gasteiger partial charge in [-0.1, -0.05) is 0 Å². The number of ether oxygens (including phenoxy) is 1. The van der Waals surface area contributed by atoms with Crippen LogP contribution in [0.1, 0.15) is 16.8 Å². The van der Waals surface area contributed by atoms with Gasteiger partial charge in [0.25, 0.3) is 5.91 Å². The second kappa shape index (κ2) is 5.35. The lowest BCUT2D eigenvalue weighted by Gasteiger charge is -2.24. The van der Waals surface area contributed by atoms with Crippen molar-refractivity contribution in [2.45, 2.75) is 12.5 Å². The average Bonchev–Trinajstić information content (AvgIpc) is 2.90. The van der Waals surface area contributed by atoms with Crippen molar-refractivity contribution < 1.29 is 13.9 Å². The highest BCUT2D eigenvalue weighted by Gasteiger charge is 2.25. The number of carbonyl (C=O) groups is 1. The van der Waals surface area contributed by atoms with Gasteiger partial charge in [-0.15, -0.1) is 0 Å². The van der Waals surface area contributed by atoms with E-state index in [9.17, 15) is 9.18 Å². The molecule has 0 bridgehead atoms. The number of nitrogens with one attached hydrogen (secondary N) is 1. The molecule has 0 saturated carbocycles. The van der Waals surface area contributed by atoms with E-state index >= 15 is 0 Å². The Labute approximate surface area is 106 Å². The molecule has 18 heavy (non-hydrogen) atoms. The molecule has 1 saturated heterocycles. The lowest BCUT2D eigenvalue weighted by atomic mass is 10.1. The van der Waals surface area contributed by atoms with Gasteiger partial charge in [0, 0.05) is 25.7 Å². The van der Waals surface area contributed by atoms with Crippen molar-refractivity contribution >= 4 is 5.91 Å². The first-order valence-electron chi connectivity index (χ1n) is 5.95.